The molecule has 2 aliphatic carbocycles. The van der Waals surface area contributed by atoms with Crippen LogP contribution in [0.4, 0.5) is 5.82 Å². The third kappa shape index (κ3) is 2.01. The van der Waals surface area contributed by atoms with Gasteiger partial charge in [0.1, 0.15) is 10.6 Å². The lowest BCUT2D eigenvalue weighted by Crippen LogP contribution is -2.26. The maximum absolute atomic E-state index is 6.04. The van der Waals surface area contributed by atoms with E-state index in [1.807, 2.05) is 0 Å². The van der Waals surface area contributed by atoms with Gasteiger partial charge in [0.15, 0.2) is 0 Å². The topological polar surface area (TPSA) is 37.8 Å². The van der Waals surface area contributed by atoms with Crippen LogP contribution in [0.2, 0.25) is 5.28 Å². The standard InChI is InChI=1S/C14H16ClN3S/c1-7-4-10-12(17-14(15)18-13(10)19-7)16-11-6-8-2-3-9(11)5-8/h4,8-9,11H,2-3,5-6H2,1H3,(H,16,17,18). The number of thiophene rings is 1. The van der Waals surface area contributed by atoms with Gasteiger partial charge in [0.05, 0.1) is 5.39 Å². The molecule has 2 bridgehead atoms. The van der Waals surface area contributed by atoms with Gasteiger partial charge in [-0.15, -0.1) is 11.3 Å². The van der Waals surface area contributed by atoms with Crippen LogP contribution in [0.1, 0.15) is 30.6 Å². The van der Waals surface area contributed by atoms with Gasteiger partial charge in [0, 0.05) is 10.9 Å². The van der Waals surface area contributed by atoms with E-state index in [1.54, 1.807) is 11.3 Å². The van der Waals surface area contributed by atoms with Gasteiger partial charge in [-0.1, -0.05) is 6.42 Å². The third-order valence-corrected chi connectivity index (χ3v) is 5.66. The molecule has 19 heavy (non-hydrogen) atoms. The number of halogens is 1. The molecule has 0 amide bonds. The van der Waals surface area contributed by atoms with Crippen LogP contribution >= 0.6 is 22.9 Å². The van der Waals surface area contributed by atoms with E-state index in [4.69, 9.17) is 11.6 Å². The van der Waals surface area contributed by atoms with Crippen LogP contribution in [0, 0.1) is 18.8 Å². The lowest BCUT2D eigenvalue weighted by atomic mass is 9.95. The van der Waals surface area contributed by atoms with Crippen LogP contribution in [0.5, 0.6) is 0 Å². The zero-order valence-corrected chi connectivity index (χ0v) is 12.4. The van der Waals surface area contributed by atoms with Gasteiger partial charge in [-0.2, -0.15) is 0 Å². The molecular weight excluding hydrogens is 278 g/mol. The molecule has 2 aromatic rings. The van der Waals surface area contributed by atoms with Crippen LogP contribution in [0.3, 0.4) is 0 Å². The second kappa shape index (κ2) is 4.32. The van der Waals surface area contributed by atoms with E-state index in [0.29, 0.717) is 11.3 Å². The Hall–Kier alpha value is -0.870. The molecule has 2 saturated carbocycles. The smallest absolute Gasteiger partial charge is 0.225 e. The molecule has 4 rings (SSSR count). The molecule has 0 aliphatic heterocycles. The molecule has 0 saturated heterocycles. The predicted octanol–water partition coefficient (Wildman–Crippen LogP) is 4.25. The van der Waals surface area contributed by atoms with Crippen molar-refractivity contribution in [3.63, 3.8) is 0 Å². The van der Waals surface area contributed by atoms with E-state index in [-0.39, 0.29) is 0 Å². The summed E-state index contributed by atoms with van der Waals surface area (Å²) in [6.07, 6.45) is 5.46. The fourth-order valence-corrected chi connectivity index (χ4v) is 4.82. The first-order valence-corrected chi connectivity index (χ1v) is 8.08. The Kier molecular flexibility index (Phi) is 2.71. The molecule has 5 heteroatoms. The lowest BCUT2D eigenvalue weighted by Gasteiger charge is -2.23. The summed E-state index contributed by atoms with van der Waals surface area (Å²) < 4.78 is 0. The highest BCUT2D eigenvalue weighted by Gasteiger charge is 2.39. The minimum absolute atomic E-state index is 0.347. The molecule has 2 fully saturated rings. The van der Waals surface area contributed by atoms with Crippen molar-refractivity contribution < 1.29 is 0 Å². The van der Waals surface area contributed by atoms with Crippen LogP contribution in [-0.4, -0.2) is 16.0 Å². The first-order chi connectivity index (χ1) is 9.19. The van der Waals surface area contributed by atoms with E-state index in [9.17, 15) is 0 Å². The first-order valence-electron chi connectivity index (χ1n) is 6.89. The molecular formula is C14H16ClN3S. The molecule has 1 N–H and O–H groups in total. The second-order valence-corrected chi connectivity index (χ2v) is 7.42. The molecule has 100 valence electrons. The Balaban J connectivity index is 1.70. The summed E-state index contributed by atoms with van der Waals surface area (Å²) in [5.41, 5.74) is 0. The van der Waals surface area contributed by atoms with E-state index in [2.05, 4.69) is 28.3 Å². The minimum atomic E-state index is 0.347. The van der Waals surface area contributed by atoms with Gasteiger partial charge in [0.25, 0.3) is 0 Å². The molecule has 0 aromatic carbocycles. The molecule has 0 radical (unpaired) electrons. The minimum Gasteiger partial charge on any atom is -0.366 e. The summed E-state index contributed by atoms with van der Waals surface area (Å²) in [6, 6.07) is 2.74. The van der Waals surface area contributed by atoms with Crippen molar-refractivity contribution in [2.24, 2.45) is 11.8 Å². The molecule has 3 atom stereocenters. The van der Waals surface area contributed by atoms with Crippen LogP contribution in [0.25, 0.3) is 10.2 Å². The van der Waals surface area contributed by atoms with Gasteiger partial charge in [-0.05, 0) is 55.7 Å². The summed E-state index contributed by atoms with van der Waals surface area (Å²) >= 11 is 7.72. The van der Waals surface area contributed by atoms with Crippen molar-refractivity contribution in [2.75, 3.05) is 5.32 Å². The van der Waals surface area contributed by atoms with Crippen LogP contribution < -0.4 is 5.32 Å². The summed E-state index contributed by atoms with van der Waals surface area (Å²) in [5, 5.41) is 5.11. The maximum atomic E-state index is 6.04. The summed E-state index contributed by atoms with van der Waals surface area (Å²) in [7, 11) is 0. The van der Waals surface area contributed by atoms with Gasteiger partial charge in [-0.3, -0.25) is 0 Å². The Labute approximate surface area is 121 Å². The maximum Gasteiger partial charge on any atom is 0.225 e. The number of aryl methyl sites for hydroxylation is 1. The Morgan fingerprint density at radius 1 is 1.32 bits per heavy atom. The predicted molar refractivity (Wildman–Crippen MR) is 80.0 cm³/mol. The molecule has 3 nitrogen and oxygen atoms in total. The fraction of sp³-hybridized carbons (Fsp3) is 0.571. The average molecular weight is 294 g/mol. The number of anilines is 1. The van der Waals surface area contributed by atoms with E-state index >= 15 is 0 Å². The average Bonchev–Trinajstić information content (AvgIpc) is 3.02. The van der Waals surface area contributed by atoms with E-state index < -0.39 is 0 Å². The van der Waals surface area contributed by atoms with Crippen molar-refractivity contribution >= 4 is 39.0 Å². The van der Waals surface area contributed by atoms with E-state index in [1.165, 1.54) is 30.6 Å². The van der Waals surface area contributed by atoms with Crippen molar-refractivity contribution in [1.29, 1.82) is 0 Å². The normalized spacial score (nSPS) is 29.3. The van der Waals surface area contributed by atoms with Gasteiger partial charge >= 0.3 is 0 Å². The van der Waals surface area contributed by atoms with Crippen molar-refractivity contribution in [2.45, 2.75) is 38.6 Å². The third-order valence-electron chi connectivity index (χ3n) is 4.55. The number of nitrogens with one attached hydrogen (secondary N) is 1. The Morgan fingerprint density at radius 3 is 2.95 bits per heavy atom. The first kappa shape index (κ1) is 11.9. The molecule has 0 spiro atoms. The quantitative estimate of drug-likeness (QED) is 0.841. The largest absolute Gasteiger partial charge is 0.366 e. The highest BCUT2D eigenvalue weighted by atomic mass is 35.5. The Bertz CT molecular complexity index is 639. The zero-order chi connectivity index (χ0) is 13.0. The van der Waals surface area contributed by atoms with Gasteiger partial charge in [0.2, 0.25) is 5.28 Å². The summed E-state index contributed by atoms with van der Waals surface area (Å²) in [5.74, 6) is 2.69. The monoisotopic (exact) mass is 293 g/mol. The number of aromatic nitrogens is 2. The number of rotatable bonds is 2. The number of hydrogen-bond donors (Lipinski definition) is 1. The van der Waals surface area contributed by atoms with E-state index in [0.717, 1.165) is 27.9 Å². The van der Waals surface area contributed by atoms with Crippen molar-refractivity contribution in [3.8, 4) is 0 Å². The van der Waals surface area contributed by atoms with Crippen molar-refractivity contribution in [3.05, 3.63) is 16.2 Å². The highest BCUT2D eigenvalue weighted by molar-refractivity contribution is 7.18. The number of nitrogens with zero attached hydrogens (tertiary/aromatic N) is 2. The summed E-state index contributed by atoms with van der Waals surface area (Å²) in [4.78, 5) is 11.0. The number of fused-ring (bicyclic) bond motifs is 3. The second-order valence-electron chi connectivity index (χ2n) is 5.84. The van der Waals surface area contributed by atoms with Crippen LogP contribution in [0.15, 0.2) is 6.07 Å². The highest BCUT2D eigenvalue weighted by Crippen LogP contribution is 2.46. The number of hydrogen-bond acceptors (Lipinski definition) is 4. The van der Waals surface area contributed by atoms with Crippen molar-refractivity contribution in [1.82, 2.24) is 9.97 Å². The fourth-order valence-electron chi connectivity index (χ4n) is 3.72. The van der Waals surface area contributed by atoms with Crippen LogP contribution in [-0.2, 0) is 0 Å². The molecule has 2 aliphatic rings. The lowest BCUT2D eigenvalue weighted by molar-refractivity contribution is 0.439. The molecule has 2 aromatic heterocycles. The van der Waals surface area contributed by atoms with Gasteiger partial charge in [-0.25, -0.2) is 9.97 Å². The Morgan fingerprint density at radius 2 is 2.21 bits per heavy atom. The SMILES string of the molecule is Cc1cc2c(NC3CC4CCC3C4)nc(Cl)nc2s1. The summed E-state index contributed by atoms with van der Waals surface area (Å²) in [6.45, 7) is 2.10. The van der Waals surface area contributed by atoms with Gasteiger partial charge < -0.3 is 5.32 Å². The molecule has 2 heterocycles. The molecule has 3 unspecified atom stereocenters. The zero-order valence-electron chi connectivity index (χ0n) is 10.8.